The van der Waals surface area contributed by atoms with Gasteiger partial charge in [-0.2, -0.15) is 0 Å². The minimum absolute atomic E-state index is 0.0107. The van der Waals surface area contributed by atoms with Gasteiger partial charge in [0.15, 0.2) is 0 Å². The summed E-state index contributed by atoms with van der Waals surface area (Å²) in [6.07, 6.45) is 3.28. The Hall–Kier alpha value is -1.51. The zero-order chi connectivity index (χ0) is 15.8. The molecule has 0 aromatic heterocycles. The zero-order valence-corrected chi connectivity index (χ0v) is 13.9. The summed E-state index contributed by atoms with van der Waals surface area (Å²) in [7, 11) is 0. The number of nitrogens with two attached hydrogens (primary N) is 1. The van der Waals surface area contributed by atoms with Crippen LogP contribution in [0, 0.1) is 17.8 Å². The average Bonchev–Trinajstić information content (AvgIpc) is 2.28. The van der Waals surface area contributed by atoms with Gasteiger partial charge in [-0.3, -0.25) is 4.79 Å². The van der Waals surface area contributed by atoms with E-state index in [1.807, 2.05) is 13.0 Å². The van der Waals surface area contributed by atoms with E-state index < -0.39 is 0 Å². The molecule has 1 aliphatic carbocycles. The Kier molecular flexibility index (Phi) is 4.05. The lowest BCUT2D eigenvalue weighted by Crippen LogP contribution is -2.46. The van der Waals surface area contributed by atoms with E-state index in [-0.39, 0.29) is 22.8 Å². The maximum absolute atomic E-state index is 12.4. The van der Waals surface area contributed by atoms with Gasteiger partial charge in [0.2, 0.25) is 0 Å². The first kappa shape index (κ1) is 15.9. The van der Waals surface area contributed by atoms with Crippen LogP contribution in [0.4, 0.5) is 5.69 Å². The second kappa shape index (κ2) is 5.36. The smallest absolute Gasteiger partial charge is 0.251 e. The third kappa shape index (κ3) is 3.99. The molecule has 0 spiro atoms. The van der Waals surface area contributed by atoms with Gasteiger partial charge in [-0.1, -0.05) is 27.7 Å². The van der Waals surface area contributed by atoms with Crippen LogP contribution in [-0.2, 0) is 0 Å². The van der Waals surface area contributed by atoms with E-state index in [4.69, 9.17) is 5.73 Å². The van der Waals surface area contributed by atoms with Crippen molar-refractivity contribution in [2.24, 2.45) is 10.8 Å². The highest BCUT2D eigenvalue weighted by Crippen LogP contribution is 2.45. The van der Waals surface area contributed by atoms with E-state index >= 15 is 0 Å². The molecule has 0 bridgehead atoms. The van der Waals surface area contributed by atoms with Crippen molar-refractivity contribution in [3.8, 4) is 0 Å². The van der Waals surface area contributed by atoms with Crippen molar-refractivity contribution in [3.05, 3.63) is 29.3 Å². The topological polar surface area (TPSA) is 55.1 Å². The molecule has 0 unspecified atom stereocenters. The van der Waals surface area contributed by atoms with Crippen LogP contribution in [0.25, 0.3) is 0 Å². The Morgan fingerprint density at radius 2 is 1.76 bits per heavy atom. The number of nitrogen functional groups attached to an aromatic ring is 1. The Balaban J connectivity index is 2.10. The molecule has 0 radical (unpaired) electrons. The van der Waals surface area contributed by atoms with Gasteiger partial charge in [0.1, 0.15) is 0 Å². The van der Waals surface area contributed by atoms with Gasteiger partial charge in [0.25, 0.3) is 5.91 Å². The fraction of sp³-hybridized carbons (Fsp3) is 0.611. The molecule has 1 aromatic rings. The number of benzene rings is 1. The highest BCUT2D eigenvalue weighted by atomic mass is 16.1. The molecule has 1 saturated carbocycles. The number of hydrogen-bond acceptors (Lipinski definition) is 2. The van der Waals surface area contributed by atoms with Crippen LogP contribution in [0.15, 0.2) is 18.2 Å². The first-order valence-electron chi connectivity index (χ1n) is 7.75. The van der Waals surface area contributed by atoms with Crippen molar-refractivity contribution in [2.45, 2.75) is 59.9 Å². The van der Waals surface area contributed by atoms with Crippen LogP contribution in [0.1, 0.15) is 62.9 Å². The summed E-state index contributed by atoms with van der Waals surface area (Å²) in [6, 6.07) is 5.72. The Morgan fingerprint density at radius 1 is 1.19 bits per heavy atom. The van der Waals surface area contributed by atoms with Crippen molar-refractivity contribution >= 4 is 11.6 Å². The van der Waals surface area contributed by atoms with Crippen LogP contribution in [0.3, 0.4) is 0 Å². The Labute approximate surface area is 128 Å². The predicted molar refractivity (Wildman–Crippen MR) is 88.3 cm³/mol. The maximum atomic E-state index is 12.4. The van der Waals surface area contributed by atoms with Crippen molar-refractivity contribution < 1.29 is 4.79 Å². The van der Waals surface area contributed by atoms with Gasteiger partial charge >= 0.3 is 0 Å². The molecule has 1 aromatic carbocycles. The lowest BCUT2D eigenvalue weighted by Gasteiger charge is -2.45. The summed E-state index contributed by atoms with van der Waals surface area (Å²) in [5.41, 5.74) is 8.74. The van der Waals surface area contributed by atoms with Crippen molar-refractivity contribution in [1.29, 1.82) is 0 Å². The molecule has 3 nitrogen and oxygen atoms in total. The van der Waals surface area contributed by atoms with Crippen LogP contribution >= 0.6 is 0 Å². The summed E-state index contributed by atoms with van der Waals surface area (Å²) in [5.74, 6) is 0.0107. The number of carbonyl (C=O) groups excluding carboxylic acids is 1. The first-order valence-corrected chi connectivity index (χ1v) is 7.75. The van der Waals surface area contributed by atoms with Crippen LogP contribution < -0.4 is 11.1 Å². The number of anilines is 1. The minimum Gasteiger partial charge on any atom is -0.399 e. The second-order valence-corrected chi connectivity index (χ2v) is 8.16. The molecule has 116 valence electrons. The minimum atomic E-state index is 0.0107. The average molecular weight is 288 g/mol. The predicted octanol–water partition coefficient (Wildman–Crippen LogP) is 3.91. The molecular formula is C18H28N2O. The zero-order valence-electron chi connectivity index (χ0n) is 13.9. The van der Waals surface area contributed by atoms with Gasteiger partial charge in [0, 0.05) is 17.3 Å². The van der Waals surface area contributed by atoms with Gasteiger partial charge in [0.05, 0.1) is 0 Å². The molecule has 0 saturated heterocycles. The van der Waals surface area contributed by atoms with E-state index in [0.717, 1.165) is 24.1 Å². The van der Waals surface area contributed by atoms with Crippen molar-refractivity contribution in [1.82, 2.24) is 5.32 Å². The highest BCUT2D eigenvalue weighted by molar-refractivity contribution is 5.95. The maximum Gasteiger partial charge on any atom is 0.251 e. The molecule has 2 rings (SSSR count). The standard InChI is InChI=1S/C18H28N2O/c1-12-8-13(6-7-15(12)19)16(21)20-14-9-17(2,3)11-18(4,5)10-14/h6-8,14H,9-11,19H2,1-5H3,(H,20,21). The molecule has 3 N–H and O–H groups in total. The molecular weight excluding hydrogens is 260 g/mol. The molecule has 1 fully saturated rings. The van der Waals surface area contributed by atoms with E-state index in [1.165, 1.54) is 6.42 Å². The summed E-state index contributed by atoms with van der Waals surface area (Å²) < 4.78 is 0. The SMILES string of the molecule is Cc1cc(C(=O)NC2CC(C)(C)CC(C)(C)C2)ccc1N. The number of amides is 1. The first-order chi connectivity index (χ1) is 9.58. The fourth-order valence-electron chi connectivity index (χ4n) is 4.03. The second-order valence-electron chi connectivity index (χ2n) is 8.16. The summed E-state index contributed by atoms with van der Waals surface area (Å²) >= 11 is 0. The van der Waals surface area contributed by atoms with E-state index in [9.17, 15) is 4.79 Å². The molecule has 21 heavy (non-hydrogen) atoms. The lowest BCUT2D eigenvalue weighted by atomic mass is 9.63. The Morgan fingerprint density at radius 3 is 2.29 bits per heavy atom. The van der Waals surface area contributed by atoms with Crippen LogP contribution in [0.5, 0.6) is 0 Å². The molecule has 1 amide bonds. The molecule has 0 heterocycles. The van der Waals surface area contributed by atoms with E-state index in [0.29, 0.717) is 5.56 Å². The van der Waals surface area contributed by atoms with Crippen LogP contribution in [-0.4, -0.2) is 11.9 Å². The summed E-state index contributed by atoms with van der Waals surface area (Å²) in [5, 5.41) is 3.21. The monoisotopic (exact) mass is 288 g/mol. The van der Waals surface area contributed by atoms with Crippen molar-refractivity contribution in [2.75, 3.05) is 5.73 Å². The van der Waals surface area contributed by atoms with Gasteiger partial charge in [-0.05, 0) is 60.8 Å². The number of hydrogen-bond donors (Lipinski definition) is 2. The number of aryl methyl sites for hydroxylation is 1. The number of nitrogens with one attached hydrogen (secondary N) is 1. The lowest BCUT2D eigenvalue weighted by molar-refractivity contribution is 0.0713. The third-order valence-corrected chi connectivity index (χ3v) is 4.42. The third-order valence-electron chi connectivity index (χ3n) is 4.42. The quantitative estimate of drug-likeness (QED) is 0.811. The van der Waals surface area contributed by atoms with E-state index in [2.05, 4.69) is 33.0 Å². The van der Waals surface area contributed by atoms with Gasteiger partial charge in [-0.25, -0.2) is 0 Å². The van der Waals surface area contributed by atoms with Crippen LogP contribution in [0.2, 0.25) is 0 Å². The summed E-state index contributed by atoms with van der Waals surface area (Å²) in [4.78, 5) is 12.4. The van der Waals surface area contributed by atoms with Crippen molar-refractivity contribution in [3.63, 3.8) is 0 Å². The van der Waals surface area contributed by atoms with Gasteiger partial charge in [-0.15, -0.1) is 0 Å². The fourth-order valence-corrected chi connectivity index (χ4v) is 4.03. The van der Waals surface area contributed by atoms with Gasteiger partial charge < -0.3 is 11.1 Å². The van der Waals surface area contributed by atoms with E-state index in [1.54, 1.807) is 12.1 Å². The molecule has 3 heteroatoms. The number of carbonyl (C=O) groups is 1. The highest BCUT2D eigenvalue weighted by Gasteiger charge is 2.38. The largest absolute Gasteiger partial charge is 0.399 e. The Bertz CT molecular complexity index is 530. The normalized spacial score (nSPS) is 21.0. The molecule has 1 aliphatic rings. The molecule has 0 aliphatic heterocycles. The molecule has 0 atom stereocenters. The number of rotatable bonds is 2. The summed E-state index contributed by atoms with van der Waals surface area (Å²) in [6.45, 7) is 11.1.